The Bertz CT molecular complexity index is 371. The fourth-order valence-corrected chi connectivity index (χ4v) is 1.90. The Hall–Kier alpha value is -0.730. The van der Waals surface area contributed by atoms with Crippen molar-refractivity contribution in [2.45, 2.75) is 32.7 Å². The Morgan fingerprint density at radius 2 is 2.13 bits per heavy atom. The molecule has 2 nitrogen and oxygen atoms in total. The van der Waals surface area contributed by atoms with Gasteiger partial charge in [0.15, 0.2) is 7.28 Å². The summed E-state index contributed by atoms with van der Waals surface area (Å²) in [6.45, 7) is 6.96. The van der Waals surface area contributed by atoms with Crippen LogP contribution in [0.5, 0.6) is 0 Å². The molecule has 0 fully saturated rings. The van der Waals surface area contributed by atoms with Crippen molar-refractivity contribution in [2.24, 2.45) is 0 Å². The van der Waals surface area contributed by atoms with Crippen molar-refractivity contribution < 1.29 is 9.68 Å². The Morgan fingerprint density at radius 1 is 1.40 bits per heavy atom. The summed E-state index contributed by atoms with van der Waals surface area (Å²) in [5.74, 6) is 0. The molecule has 0 atom stereocenters. The molecule has 0 aromatic heterocycles. The molecule has 0 aliphatic carbocycles. The van der Waals surface area contributed by atoms with Gasteiger partial charge in [0.25, 0.3) is 0 Å². The quantitative estimate of drug-likeness (QED) is 0.668. The summed E-state index contributed by atoms with van der Waals surface area (Å²) < 4.78 is 5.21. The highest BCUT2D eigenvalue weighted by atomic mass is 16.5. The molecule has 0 saturated carbocycles. The van der Waals surface area contributed by atoms with Crippen LogP contribution in [0.25, 0.3) is 0 Å². The van der Waals surface area contributed by atoms with Gasteiger partial charge in [0.1, 0.15) is 0 Å². The van der Waals surface area contributed by atoms with Crippen molar-refractivity contribution in [1.29, 1.82) is 0 Å². The molecule has 0 saturated heterocycles. The van der Waals surface area contributed by atoms with Crippen LogP contribution in [0, 0.1) is 0 Å². The molecule has 0 amide bonds. The van der Waals surface area contributed by atoms with Crippen LogP contribution in [0.2, 0.25) is 5.31 Å². The van der Waals surface area contributed by atoms with E-state index < -0.39 is 7.12 Å². The van der Waals surface area contributed by atoms with Gasteiger partial charge in [0, 0.05) is 0 Å². The molecular weight excluding hydrogens is 186 g/mol. The van der Waals surface area contributed by atoms with Gasteiger partial charge in [-0.15, -0.1) is 0 Å². The molecule has 1 N–H and O–H groups in total. The van der Waals surface area contributed by atoms with E-state index in [1.165, 1.54) is 0 Å². The van der Waals surface area contributed by atoms with Gasteiger partial charge in [-0.1, -0.05) is 49.7 Å². The number of fused-ring (bicyclic) bond motifs is 1. The highest BCUT2D eigenvalue weighted by Gasteiger charge is 2.30. The van der Waals surface area contributed by atoms with E-state index in [0.29, 0.717) is 6.61 Å². The van der Waals surface area contributed by atoms with Gasteiger partial charge in [-0.2, -0.15) is 0 Å². The number of hydrogen-bond acceptors (Lipinski definition) is 2. The third-order valence-electron chi connectivity index (χ3n) is 2.46. The van der Waals surface area contributed by atoms with Crippen molar-refractivity contribution in [1.82, 2.24) is 0 Å². The molecule has 1 aliphatic heterocycles. The van der Waals surface area contributed by atoms with Crippen molar-refractivity contribution >= 4 is 25.3 Å². The van der Waals surface area contributed by atoms with E-state index in [1.54, 1.807) is 0 Å². The predicted octanol–water partition coefficient (Wildman–Crippen LogP) is 0.452. The maximum Gasteiger partial charge on any atom is 0.491 e. The van der Waals surface area contributed by atoms with E-state index in [9.17, 15) is 5.02 Å². The van der Waals surface area contributed by atoms with Crippen molar-refractivity contribution in [3.63, 3.8) is 0 Å². The molecule has 1 radical (unpaired) electrons. The third kappa shape index (κ3) is 2.27. The summed E-state index contributed by atoms with van der Waals surface area (Å²) in [5, 5.41) is 9.83. The van der Waals surface area contributed by atoms with Gasteiger partial charge in [-0.3, -0.25) is 0 Å². The fraction of sp³-hybridized carbons (Fsp3) is 0.455. The normalized spacial score (nSPS) is 15.3. The summed E-state index contributed by atoms with van der Waals surface area (Å²) in [6.07, 6.45) is 0. The van der Waals surface area contributed by atoms with Crippen molar-refractivity contribution in [2.75, 3.05) is 0 Å². The molecule has 1 aromatic carbocycles. The van der Waals surface area contributed by atoms with Crippen LogP contribution < -0.4 is 10.9 Å². The van der Waals surface area contributed by atoms with Crippen LogP contribution in [0.4, 0.5) is 0 Å². The highest BCUT2D eigenvalue weighted by molar-refractivity contribution is 6.72. The number of hydrogen-bond donors (Lipinski definition) is 1. The first kappa shape index (κ1) is 10.8. The molecule has 77 valence electrons. The molecule has 0 bridgehead atoms. The van der Waals surface area contributed by atoms with E-state index in [4.69, 9.17) is 4.65 Å². The van der Waals surface area contributed by atoms with Gasteiger partial charge in [-0.05, 0) is 11.0 Å². The van der Waals surface area contributed by atoms with Crippen LogP contribution in [0.3, 0.4) is 0 Å². The Labute approximate surface area is 92.0 Å². The van der Waals surface area contributed by atoms with E-state index in [2.05, 4.69) is 28.1 Å². The van der Waals surface area contributed by atoms with Crippen molar-refractivity contribution in [3.05, 3.63) is 23.8 Å². The number of benzene rings is 1. The summed E-state index contributed by atoms with van der Waals surface area (Å²) in [4.78, 5) is 0. The molecule has 0 unspecified atom stereocenters. The maximum absolute atomic E-state index is 9.72. The van der Waals surface area contributed by atoms with Gasteiger partial charge >= 0.3 is 7.12 Å². The molecule has 1 aliphatic rings. The highest BCUT2D eigenvalue weighted by Crippen LogP contribution is 2.20. The van der Waals surface area contributed by atoms with E-state index in [1.807, 2.05) is 18.2 Å². The van der Waals surface area contributed by atoms with Gasteiger partial charge in [0.2, 0.25) is 0 Å². The topological polar surface area (TPSA) is 29.5 Å². The largest absolute Gasteiger partial charge is 0.491 e. The first-order valence-corrected chi connectivity index (χ1v) is 5.25. The molecular formula is C11H15B2O2. The SMILES string of the molecule is CC(C)(C)[B]c1cccc2c1B(O)OC2. The average Bonchev–Trinajstić information content (AvgIpc) is 2.46. The van der Waals surface area contributed by atoms with Crippen LogP contribution in [-0.4, -0.2) is 19.4 Å². The fourth-order valence-electron chi connectivity index (χ4n) is 1.90. The van der Waals surface area contributed by atoms with Gasteiger partial charge < -0.3 is 9.68 Å². The molecule has 15 heavy (non-hydrogen) atoms. The zero-order chi connectivity index (χ0) is 11.1. The van der Waals surface area contributed by atoms with Crippen LogP contribution in [-0.2, 0) is 11.3 Å². The summed E-state index contributed by atoms with van der Waals surface area (Å²) >= 11 is 0. The summed E-state index contributed by atoms with van der Waals surface area (Å²) in [5.41, 5.74) is 3.12. The second-order valence-corrected chi connectivity index (χ2v) is 5.09. The maximum atomic E-state index is 9.72. The van der Waals surface area contributed by atoms with Gasteiger partial charge in [0.05, 0.1) is 6.61 Å². The summed E-state index contributed by atoms with van der Waals surface area (Å²) in [6, 6.07) is 6.05. The standard InChI is InChI=1S/C11H15B2O2/c1-11(2,3)12-9-6-4-5-8-7-15-13(14)10(8)9/h4-6,14H,7H2,1-3H3. The molecule has 4 heteroatoms. The Morgan fingerprint density at radius 3 is 2.80 bits per heavy atom. The van der Waals surface area contributed by atoms with Gasteiger partial charge in [-0.25, -0.2) is 0 Å². The lowest BCUT2D eigenvalue weighted by Gasteiger charge is -2.18. The zero-order valence-electron chi connectivity index (χ0n) is 9.45. The molecule has 1 heterocycles. The van der Waals surface area contributed by atoms with E-state index >= 15 is 0 Å². The van der Waals surface area contributed by atoms with Crippen LogP contribution >= 0.6 is 0 Å². The third-order valence-corrected chi connectivity index (χ3v) is 2.46. The minimum absolute atomic E-state index is 0.109. The average molecular weight is 201 g/mol. The Kier molecular flexibility index (Phi) is 2.65. The smallest absolute Gasteiger partial charge is 0.423 e. The number of rotatable bonds is 1. The van der Waals surface area contributed by atoms with Crippen LogP contribution in [0.15, 0.2) is 18.2 Å². The second kappa shape index (κ2) is 3.69. The first-order valence-electron chi connectivity index (χ1n) is 5.25. The molecule has 1 aromatic rings. The van der Waals surface area contributed by atoms with E-state index in [0.717, 1.165) is 16.5 Å². The Balaban J connectivity index is 2.37. The first-order chi connectivity index (χ1) is 6.97. The van der Waals surface area contributed by atoms with Crippen LogP contribution in [0.1, 0.15) is 26.3 Å². The zero-order valence-corrected chi connectivity index (χ0v) is 9.45. The monoisotopic (exact) mass is 201 g/mol. The lowest BCUT2D eigenvalue weighted by molar-refractivity contribution is 0.275. The summed E-state index contributed by atoms with van der Waals surface area (Å²) in [7, 11) is 1.42. The lowest BCUT2D eigenvalue weighted by atomic mass is 9.48. The minimum Gasteiger partial charge on any atom is -0.423 e. The molecule has 2 rings (SSSR count). The lowest BCUT2D eigenvalue weighted by Crippen LogP contribution is -2.44. The van der Waals surface area contributed by atoms with Crippen molar-refractivity contribution in [3.8, 4) is 0 Å². The predicted molar refractivity (Wildman–Crippen MR) is 63.9 cm³/mol. The van der Waals surface area contributed by atoms with E-state index in [-0.39, 0.29) is 5.31 Å². The second-order valence-electron chi connectivity index (χ2n) is 5.09. The minimum atomic E-state index is -0.755. The molecule has 0 spiro atoms.